The van der Waals surface area contributed by atoms with Crippen molar-refractivity contribution in [3.8, 4) is 0 Å². The molecule has 0 bridgehead atoms. The van der Waals surface area contributed by atoms with Crippen LogP contribution in [0.25, 0.3) is 0 Å². The summed E-state index contributed by atoms with van der Waals surface area (Å²) in [6.45, 7) is 3.61. The number of fused-ring (bicyclic) bond motifs is 1. The average Bonchev–Trinajstić information content (AvgIpc) is 2.80. The molecule has 4 heteroatoms. The topological polar surface area (TPSA) is 34.1 Å². The maximum absolute atomic E-state index is 5.41. The van der Waals surface area contributed by atoms with Crippen LogP contribution >= 0.6 is 0 Å². The average molecular weight is 208 g/mol. The molecule has 0 aliphatic carbocycles. The van der Waals surface area contributed by atoms with Crippen LogP contribution in [-0.4, -0.2) is 50.1 Å². The van der Waals surface area contributed by atoms with E-state index < -0.39 is 0 Å². The zero-order valence-electron chi connectivity index (χ0n) is 8.98. The van der Waals surface area contributed by atoms with Gasteiger partial charge >= 0.3 is 0 Å². The fourth-order valence-corrected chi connectivity index (χ4v) is 2.39. The predicted molar refractivity (Wildman–Crippen MR) is 56.8 cm³/mol. The van der Waals surface area contributed by atoms with Gasteiger partial charge in [-0.25, -0.2) is 0 Å². The smallest absolute Gasteiger partial charge is 0.161 e. The lowest BCUT2D eigenvalue weighted by Gasteiger charge is -2.22. The van der Waals surface area contributed by atoms with Crippen LogP contribution in [0, 0.1) is 5.92 Å². The van der Waals surface area contributed by atoms with Gasteiger partial charge in [-0.3, -0.25) is 0 Å². The molecule has 1 fully saturated rings. The third-order valence-electron chi connectivity index (χ3n) is 3.41. The monoisotopic (exact) mass is 208 g/mol. The van der Waals surface area contributed by atoms with Crippen molar-refractivity contribution in [3.05, 3.63) is 11.6 Å². The molecule has 3 rings (SSSR count). The maximum atomic E-state index is 5.41. The van der Waals surface area contributed by atoms with Gasteiger partial charge in [-0.1, -0.05) is 11.2 Å². The van der Waals surface area contributed by atoms with Crippen LogP contribution in [0.15, 0.2) is 16.8 Å². The Morgan fingerprint density at radius 2 is 2.40 bits per heavy atom. The minimum absolute atomic E-state index is 0.181. The number of oxime groups is 1. The Bertz CT molecular complexity index is 325. The summed E-state index contributed by atoms with van der Waals surface area (Å²) >= 11 is 0. The molecule has 4 nitrogen and oxygen atoms in total. The van der Waals surface area contributed by atoms with Crippen molar-refractivity contribution in [2.75, 3.05) is 33.4 Å². The largest absolute Gasteiger partial charge is 0.389 e. The normalized spacial score (nSPS) is 35.8. The van der Waals surface area contributed by atoms with Gasteiger partial charge in [0.15, 0.2) is 6.10 Å². The van der Waals surface area contributed by atoms with E-state index in [1.54, 1.807) is 0 Å². The van der Waals surface area contributed by atoms with Crippen molar-refractivity contribution in [2.45, 2.75) is 12.5 Å². The van der Waals surface area contributed by atoms with Gasteiger partial charge in [0.1, 0.15) is 0 Å². The van der Waals surface area contributed by atoms with Gasteiger partial charge in [0.05, 0.1) is 24.8 Å². The standard InChI is InChI=1S/C11H16N2O2/c1-13-4-2-8(3-5-13)11-9-6-14-7-10(9)15-12-11/h2,9-10H,3-7H2,1H3. The van der Waals surface area contributed by atoms with Crippen molar-refractivity contribution >= 4 is 5.71 Å². The van der Waals surface area contributed by atoms with E-state index in [0.29, 0.717) is 12.5 Å². The van der Waals surface area contributed by atoms with E-state index in [1.807, 2.05) is 0 Å². The molecular weight excluding hydrogens is 192 g/mol. The zero-order chi connectivity index (χ0) is 10.3. The summed E-state index contributed by atoms with van der Waals surface area (Å²) in [7, 11) is 2.14. The lowest BCUT2D eigenvalue weighted by molar-refractivity contribution is 0.0558. The van der Waals surface area contributed by atoms with Gasteiger partial charge in [-0.15, -0.1) is 0 Å². The number of hydrogen-bond donors (Lipinski definition) is 0. The highest BCUT2D eigenvalue weighted by Gasteiger charge is 2.40. The lowest BCUT2D eigenvalue weighted by Crippen LogP contribution is -2.29. The number of ether oxygens (including phenoxy) is 1. The predicted octanol–water partition coefficient (Wildman–Crippen LogP) is 0.649. The second-order valence-electron chi connectivity index (χ2n) is 4.51. The Morgan fingerprint density at radius 1 is 1.47 bits per heavy atom. The molecular formula is C11H16N2O2. The molecule has 0 radical (unpaired) electrons. The first-order valence-electron chi connectivity index (χ1n) is 5.54. The first-order chi connectivity index (χ1) is 7.34. The molecule has 3 aliphatic rings. The molecule has 0 amide bonds. The highest BCUT2D eigenvalue weighted by molar-refractivity contribution is 6.03. The van der Waals surface area contributed by atoms with Crippen molar-refractivity contribution in [1.82, 2.24) is 4.90 Å². The quantitative estimate of drug-likeness (QED) is 0.634. The Labute approximate surface area is 89.5 Å². The minimum Gasteiger partial charge on any atom is -0.389 e. The van der Waals surface area contributed by atoms with E-state index in [4.69, 9.17) is 9.57 Å². The molecule has 3 heterocycles. The van der Waals surface area contributed by atoms with Crippen molar-refractivity contribution in [3.63, 3.8) is 0 Å². The second-order valence-corrected chi connectivity index (χ2v) is 4.51. The van der Waals surface area contributed by atoms with E-state index in [-0.39, 0.29) is 6.10 Å². The summed E-state index contributed by atoms with van der Waals surface area (Å²) < 4.78 is 5.41. The summed E-state index contributed by atoms with van der Waals surface area (Å²) in [5.74, 6) is 0.389. The molecule has 0 aromatic carbocycles. The molecule has 0 saturated carbocycles. The van der Waals surface area contributed by atoms with Crippen molar-refractivity contribution in [2.24, 2.45) is 11.1 Å². The number of hydrogen-bond acceptors (Lipinski definition) is 4. The van der Waals surface area contributed by atoms with E-state index in [1.165, 1.54) is 5.57 Å². The summed E-state index contributed by atoms with van der Waals surface area (Å²) in [5.41, 5.74) is 2.51. The van der Waals surface area contributed by atoms with Crippen LogP contribution in [0.4, 0.5) is 0 Å². The maximum Gasteiger partial charge on any atom is 0.161 e. The van der Waals surface area contributed by atoms with Gasteiger partial charge in [0, 0.05) is 13.1 Å². The molecule has 0 N–H and O–H groups in total. The summed E-state index contributed by atoms with van der Waals surface area (Å²) in [4.78, 5) is 7.69. The van der Waals surface area contributed by atoms with E-state index in [2.05, 4.69) is 23.2 Å². The van der Waals surface area contributed by atoms with Crippen LogP contribution in [0.5, 0.6) is 0 Å². The molecule has 0 aromatic heterocycles. The van der Waals surface area contributed by atoms with Crippen LogP contribution in [0.2, 0.25) is 0 Å². The second kappa shape index (κ2) is 3.61. The fourth-order valence-electron chi connectivity index (χ4n) is 2.39. The molecule has 15 heavy (non-hydrogen) atoms. The third-order valence-corrected chi connectivity index (χ3v) is 3.41. The van der Waals surface area contributed by atoms with E-state index >= 15 is 0 Å². The highest BCUT2D eigenvalue weighted by atomic mass is 16.7. The Morgan fingerprint density at radius 3 is 3.20 bits per heavy atom. The number of likely N-dealkylation sites (N-methyl/N-ethyl adjacent to an activating group) is 1. The van der Waals surface area contributed by atoms with Crippen LogP contribution < -0.4 is 0 Å². The van der Waals surface area contributed by atoms with Gasteiger partial charge in [0.2, 0.25) is 0 Å². The van der Waals surface area contributed by atoms with E-state index in [9.17, 15) is 0 Å². The molecule has 82 valence electrons. The van der Waals surface area contributed by atoms with Crippen molar-refractivity contribution < 1.29 is 9.57 Å². The van der Waals surface area contributed by atoms with Gasteiger partial charge in [-0.2, -0.15) is 0 Å². The molecule has 0 spiro atoms. The fraction of sp³-hybridized carbons (Fsp3) is 0.727. The van der Waals surface area contributed by atoms with Gasteiger partial charge in [-0.05, 0) is 19.0 Å². The van der Waals surface area contributed by atoms with Crippen LogP contribution in [-0.2, 0) is 9.57 Å². The number of nitrogens with zero attached hydrogens (tertiary/aromatic N) is 2. The zero-order valence-corrected chi connectivity index (χ0v) is 8.98. The highest BCUT2D eigenvalue weighted by Crippen LogP contribution is 2.30. The Balaban J connectivity index is 1.77. The minimum atomic E-state index is 0.181. The van der Waals surface area contributed by atoms with E-state index in [0.717, 1.165) is 31.8 Å². The van der Waals surface area contributed by atoms with Crippen LogP contribution in [0.1, 0.15) is 6.42 Å². The number of rotatable bonds is 1. The molecule has 1 saturated heterocycles. The molecule has 0 aromatic rings. The third kappa shape index (κ3) is 1.58. The van der Waals surface area contributed by atoms with Crippen LogP contribution in [0.3, 0.4) is 0 Å². The Kier molecular flexibility index (Phi) is 2.25. The first-order valence-corrected chi connectivity index (χ1v) is 5.54. The lowest BCUT2D eigenvalue weighted by atomic mass is 9.91. The Hall–Kier alpha value is -0.870. The SMILES string of the molecule is CN1CC=C(C2=NOC3COCC23)CC1. The van der Waals surface area contributed by atoms with Gasteiger partial charge < -0.3 is 14.5 Å². The van der Waals surface area contributed by atoms with Crippen molar-refractivity contribution in [1.29, 1.82) is 0 Å². The molecule has 3 aliphatic heterocycles. The molecule has 2 atom stereocenters. The summed E-state index contributed by atoms with van der Waals surface area (Å²) in [5, 5.41) is 4.22. The summed E-state index contributed by atoms with van der Waals surface area (Å²) in [6, 6.07) is 0. The van der Waals surface area contributed by atoms with Gasteiger partial charge in [0.25, 0.3) is 0 Å². The molecule has 2 unspecified atom stereocenters. The first kappa shape index (κ1) is 9.36. The summed E-state index contributed by atoms with van der Waals surface area (Å²) in [6.07, 6.45) is 3.54.